The zero-order valence-electron chi connectivity index (χ0n) is 16.6. The summed E-state index contributed by atoms with van der Waals surface area (Å²) in [5, 5.41) is 4.13. The van der Waals surface area contributed by atoms with Crippen molar-refractivity contribution in [2.45, 2.75) is 56.3 Å². The van der Waals surface area contributed by atoms with E-state index in [1.807, 2.05) is 0 Å². The molecule has 4 heterocycles. The first-order chi connectivity index (χ1) is 15.2. The number of piperidine rings is 1. The fourth-order valence-corrected chi connectivity index (χ4v) is 5.00. The highest BCUT2D eigenvalue weighted by atomic mass is 19.4. The number of amides is 1. The molecular weight excluding hydrogens is 433 g/mol. The van der Waals surface area contributed by atoms with Crippen LogP contribution in [0.3, 0.4) is 0 Å². The van der Waals surface area contributed by atoms with Gasteiger partial charge in [-0.2, -0.15) is 23.3 Å². The Hall–Kier alpha value is -3.11. The number of carbonyl (C=O) groups is 1. The van der Waals surface area contributed by atoms with Crippen molar-refractivity contribution in [2.75, 3.05) is 0 Å². The van der Waals surface area contributed by atoms with Crippen molar-refractivity contribution < 1.29 is 26.7 Å². The van der Waals surface area contributed by atoms with Crippen molar-refractivity contribution in [1.29, 1.82) is 0 Å². The van der Waals surface area contributed by atoms with E-state index in [9.17, 15) is 26.7 Å². The average Bonchev–Trinajstić information content (AvgIpc) is 3.35. The van der Waals surface area contributed by atoms with E-state index < -0.39 is 23.9 Å². The molecule has 2 fully saturated rings. The van der Waals surface area contributed by atoms with Crippen LogP contribution in [0.15, 0.2) is 36.7 Å². The summed E-state index contributed by atoms with van der Waals surface area (Å²) < 4.78 is 66.9. The minimum absolute atomic E-state index is 0.0336. The van der Waals surface area contributed by atoms with E-state index in [-0.39, 0.29) is 35.2 Å². The lowest BCUT2D eigenvalue weighted by Gasteiger charge is -2.40. The second kappa shape index (κ2) is 7.49. The first kappa shape index (κ1) is 20.8. The summed E-state index contributed by atoms with van der Waals surface area (Å²) in [6.07, 6.45) is -3.26. The number of fused-ring (bicyclic) bond motifs is 3. The predicted molar refractivity (Wildman–Crippen MR) is 102 cm³/mol. The molecule has 11 heteroatoms. The standard InChI is InChI=1S/C21H18F5N5O/c22-18(23)15-9-17(31-20(29-15)27-10-28-31)14-7-5-13-6-8-16(14)30(13)19(32)11-1-3-12(4-2-11)21(24,25)26/h1-4,9-10,13-14,16,18H,5-8H2/t13-,14-,16-/m0/s1. The largest absolute Gasteiger partial charge is 0.416 e. The molecule has 2 aliphatic rings. The van der Waals surface area contributed by atoms with Gasteiger partial charge in [0, 0.05) is 23.6 Å². The molecule has 3 atom stereocenters. The summed E-state index contributed by atoms with van der Waals surface area (Å²) >= 11 is 0. The fourth-order valence-electron chi connectivity index (χ4n) is 5.00. The Morgan fingerprint density at radius 3 is 2.47 bits per heavy atom. The molecule has 0 unspecified atom stereocenters. The van der Waals surface area contributed by atoms with Gasteiger partial charge in [-0.25, -0.2) is 18.3 Å². The first-order valence-corrected chi connectivity index (χ1v) is 10.2. The third-order valence-corrected chi connectivity index (χ3v) is 6.42. The molecule has 2 aliphatic heterocycles. The molecule has 1 aromatic carbocycles. The maximum absolute atomic E-state index is 13.4. The highest BCUT2D eigenvalue weighted by Gasteiger charge is 2.46. The monoisotopic (exact) mass is 451 g/mol. The van der Waals surface area contributed by atoms with Gasteiger partial charge in [-0.15, -0.1) is 0 Å². The summed E-state index contributed by atoms with van der Waals surface area (Å²) in [7, 11) is 0. The number of halogens is 5. The average molecular weight is 451 g/mol. The van der Waals surface area contributed by atoms with Gasteiger partial charge in [-0.05, 0) is 56.0 Å². The topological polar surface area (TPSA) is 63.4 Å². The Morgan fingerprint density at radius 1 is 1.06 bits per heavy atom. The Morgan fingerprint density at radius 2 is 1.78 bits per heavy atom. The van der Waals surface area contributed by atoms with E-state index in [2.05, 4.69) is 15.1 Å². The molecule has 2 bridgehead atoms. The van der Waals surface area contributed by atoms with Gasteiger partial charge >= 0.3 is 6.18 Å². The molecule has 0 spiro atoms. The van der Waals surface area contributed by atoms with Crippen molar-refractivity contribution >= 4 is 11.7 Å². The molecule has 168 valence electrons. The van der Waals surface area contributed by atoms with Crippen molar-refractivity contribution in [1.82, 2.24) is 24.5 Å². The van der Waals surface area contributed by atoms with Crippen LogP contribution in [-0.4, -0.2) is 42.5 Å². The van der Waals surface area contributed by atoms with E-state index in [1.165, 1.54) is 29.0 Å². The molecule has 0 radical (unpaired) electrons. The number of carbonyl (C=O) groups excluding carboxylic acids is 1. The lowest BCUT2D eigenvalue weighted by molar-refractivity contribution is -0.137. The number of nitrogens with zero attached hydrogens (tertiary/aromatic N) is 5. The third-order valence-electron chi connectivity index (χ3n) is 6.42. The van der Waals surface area contributed by atoms with Crippen LogP contribution in [0.4, 0.5) is 22.0 Å². The van der Waals surface area contributed by atoms with Crippen LogP contribution in [0, 0.1) is 0 Å². The Kier molecular flexibility index (Phi) is 4.86. The lowest BCUT2D eigenvalue weighted by Crippen LogP contribution is -2.47. The molecule has 5 rings (SSSR count). The van der Waals surface area contributed by atoms with Crippen LogP contribution in [-0.2, 0) is 6.18 Å². The Labute approximate surface area is 179 Å². The number of hydrogen-bond donors (Lipinski definition) is 0. The van der Waals surface area contributed by atoms with Crippen LogP contribution in [0.1, 0.15) is 65.3 Å². The third kappa shape index (κ3) is 3.39. The van der Waals surface area contributed by atoms with E-state index in [0.717, 1.165) is 18.6 Å². The summed E-state index contributed by atoms with van der Waals surface area (Å²) in [5.41, 5.74) is -0.539. The van der Waals surface area contributed by atoms with Gasteiger partial charge in [0.1, 0.15) is 12.0 Å². The minimum atomic E-state index is -4.48. The van der Waals surface area contributed by atoms with Crippen molar-refractivity contribution in [3.63, 3.8) is 0 Å². The Balaban J connectivity index is 1.49. The maximum Gasteiger partial charge on any atom is 0.416 e. The molecule has 0 saturated carbocycles. The number of benzene rings is 1. The summed E-state index contributed by atoms with van der Waals surface area (Å²) in [5.74, 6) is -0.552. The molecular formula is C21H18F5N5O. The summed E-state index contributed by atoms with van der Waals surface area (Å²) in [6.45, 7) is 0. The number of aromatic nitrogens is 4. The van der Waals surface area contributed by atoms with Gasteiger partial charge in [-0.1, -0.05) is 0 Å². The Bertz CT molecular complexity index is 1160. The van der Waals surface area contributed by atoms with Crippen LogP contribution in [0.2, 0.25) is 0 Å². The highest BCUT2D eigenvalue weighted by molar-refractivity contribution is 5.95. The van der Waals surface area contributed by atoms with Gasteiger partial charge in [0.25, 0.3) is 18.1 Å². The molecule has 0 N–H and O–H groups in total. The van der Waals surface area contributed by atoms with Crippen molar-refractivity contribution in [2.24, 2.45) is 0 Å². The molecule has 2 saturated heterocycles. The summed E-state index contributed by atoms with van der Waals surface area (Å²) in [4.78, 5) is 22.8. The van der Waals surface area contributed by atoms with Crippen LogP contribution in [0.25, 0.3) is 5.78 Å². The molecule has 6 nitrogen and oxygen atoms in total. The molecule has 1 amide bonds. The normalized spacial score (nSPS) is 23.3. The van der Waals surface area contributed by atoms with E-state index in [0.29, 0.717) is 25.0 Å². The number of rotatable bonds is 3. The zero-order chi connectivity index (χ0) is 22.6. The smallest absolute Gasteiger partial charge is 0.332 e. The van der Waals surface area contributed by atoms with Crippen LogP contribution >= 0.6 is 0 Å². The number of alkyl halides is 5. The molecule has 3 aromatic rings. The highest BCUT2D eigenvalue weighted by Crippen LogP contribution is 2.45. The molecule has 0 aliphatic carbocycles. The fraction of sp³-hybridized carbons (Fsp3) is 0.429. The molecule has 32 heavy (non-hydrogen) atoms. The van der Waals surface area contributed by atoms with E-state index >= 15 is 0 Å². The van der Waals surface area contributed by atoms with E-state index in [1.54, 1.807) is 4.90 Å². The molecule has 2 aromatic heterocycles. The van der Waals surface area contributed by atoms with Gasteiger partial charge in [0.05, 0.1) is 11.3 Å². The maximum atomic E-state index is 13.4. The lowest BCUT2D eigenvalue weighted by atomic mass is 9.86. The quantitative estimate of drug-likeness (QED) is 0.545. The van der Waals surface area contributed by atoms with Crippen molar-refractivity contribution in [3.8, 4) is 0 Å². The summed E-state index contributed by atoms with van der Waals surface area (Å²) in [6, 6.07) is 5.17. The predicted octanol–water partition coefficient (Wildman–Crippen LogP) is 4.63. The van der Waals surface area contributed by atoms with Gasteiger partial charge < -0.3 is 4.90 Å². The van der Waals surface area contributed by atoms with Gasteiger partial charge in [0.2, 0.25) is 0 Å². The van der Waals surface area contributed by atoms with Crippen LogP contribution in [0.5, 0.6) is 0 Å². The van der Waals surface area contributed by atoms with Crippen molar-refractivity contribution in [3.05, 3.63) is 59.2 Å². The van der Waals surface area contributed by atoms with Gasteiger partial charge in [-0.3, -0.25) is 4.79 Å². The second-order valence-electron chi connectivity index (χ2n) is 8.15. The van der Waals surface area contributed by atoms with Crippen LogP contribution < -0.4 is 0 Å². The zero-order valence-corrected chi connectivity index (χ0v) is 16.6. The van der Waals surface area contributed by atoms with E-state index in [4.69, 9.17) is 0 Å². The van der Waals surface area contributed by atoms with Gasteiger partial charge in [0.15, 0.2) is 0 Å². The minimum Gasteiger partial charge on any atom is -0.332 e. The second-order valence-corrected chi connectivity index (χ2v) is 8.15. The SMILES string of the molecule is O=C(c1ccc(C(F)(F)F)cc1)N1[C@H]2CC[C@H](c3cc(C(F)F)nc4ncnn34)[C@@H]1CC2. The first-order valence-electron chi connectivity index (χ1n) is 10.2. The number of hydrogen-bond acceptors (Lipinski definition) is 4.